The summed E-state index contributed by atoms with van der Waals surface area (Å²) in [6.45, 7) is 5.21. The monoisotopic (exact) mass is 282 g/mol. The van der Waals surface area contributed by atoms with E-state index in [9.17, 15) is 4.79 Å². The van der Waals surface area contributed by atoms with E-state index >= 15 is 0 Å². The van der Waals surface area contributed by atoms with Crippen LogP contribution in [0, 0.1) is 0 Å². The number of rotatable bonds is 9. The predicted octanol–water partition coefficient (Wildman–Crippen LogP) is 1.72. The molecule has 1 aromatic carbocycles. The highest BCUT2D eigenvalue weighted by Gasteiger charge is 2.09. The first-order valence-electron chi connectivity index (χ1n) is 6.69. The third kappa shape index (κ3) is 6.96. The van der Waals surface area contributed by atoms with E-state index in [0.29, 0.717) is 25.5 Å². The van der Waals surface area contributed by atoms with Crippen LogP contribution in [0.3, 0.4) is 0 Å². The Kier molecular flexibility index (Phi) is 8.17. The average Bonchev–Trinajstić information content (AvgIpc) is 2.46. The molecule has 0 atom stereocenters. The fourth-order valence-electron chi connectivity index (χ4n) is 1.48. The summed E-state index contributed by atoms with van der Waals surface area (Å²) in [6, 6.07) is 8.94. The molecule has 0 bridgehead atoms. The van der Waals surface area contributed by atoms with Crippen LogP contribution in [0.5, 0.6) is 5.75 Å². The number of hydrogen-bond acceptors (Lipinski definition) is 4. The summed E-state index contributed by atoms with van der Waals surface area (Å²) in [5, 5.41) is 5.25. The Morgan fingerprint density at radius 3 is 2.35 bits per heavy atom. The van der Waals surface area contributed by atoms with Gasteiger partial charge in [-0.1, -0.05) is 18.2 Å². The van der Waals surface area contributed by atoms with Crippen molar-refractivity contribution >= 4 is 6.03 Å². The number of para-hydroxylation sites is 1. The fourth-order valence-corrected chi connectivity index (χ4v) is 1.48. The summed E-state index contributed by atoms with van der Waals surface area (Å²) in [7, 11) is 0. The second kappa shape index (κ2) is 10.1. The summed E-state index contributed by atoms with van der Waals surface area (Å²) in [5.41, 5.74) is 0. The van der Waals surface area contributed by atoms with Crippen molar-refractivity contribution in [3.63, 3.8) is 0 Å². The second-order valence-corrected chi connectivity index (χ2v) is 3.83. The maximum atomic E-state index is 11.5. The number of ether oxygens (including phenoxy) is 3. The molecule has 0 radical (unpaired) electrons. The van der Waals surface area contributed by atoms with Gasteiger partial charge >= 0.3 is 6.03 Å². The Hall–Kier alpha value is -1.79. The van der Waals surface area contributed by atoms with Gasteiger partial charge in [-0.2, -0.15) is 0 Å². The lowest BCUT2D eigenvalue weighted by atomic mass is 10.3. The Labute approximate surface area is 119 Å². The first-order valence-corrected chi connectivity index (χ1v) is 6.69. The molecular formula is C14H22N2O4. The lowest BCUT2D eigenvalue weighted by Crippen LogP contribution is -2.42. The van der Waals surface area contributed by atoms with Crippen LogP contribution in [0.15, 0.2) is 30.3 Å². The van der Waals surface area contributed by atoms with E-state index in [1.165, 1.54) is 0 Å². The van der Waals surface area contributed by atoms with Crippen LogP contribution in [-0.4, -0.2) is 38.8 Å². The molecule has 1 aromatic rings. The molecule has 2 amide bonds. The van der Waals surface area contributed by atoms with Gasteiger partial charge in [0, 0.05) is 13.2 Å². The maximum Gasteiger partial charge on any atom is 0.317 e. The van der Waals surface area contributed by atoms with Crippen molar-refractivity contribution in [3.05, 3.63) is 30.3 Å². The molecule has 0 fully saturated rings. The molecule has 0 saturated heterocycles. The van der Waals surface area contributed by atoms with E-state index in [1.54, 1.807) is 0 Å². The fraction of sp³-hybridized carbons (Fsp3) is 0.500. The molecule has 2 N–H and O–H groups in total. The molecule has 0 unspecified atom stereocenters. The summed E-state index contributed by atoms with van der Waals surface area (Å²) >= 11 is 0. The van der Waals surface area contributed by atoms with E-state index in [4.69, 9.17) is 14.2 Å². The highest BCUT2D eigenvalue weighted by molar-refractivity contribution is 5.73. The van der Waals surface area contributed by atoms with Crippen LogP contribution in [-0.2, 0) is 9.47 Å². The van der Waals surface area contributed by atoms with Gasteiger partial charge in [0.05, 0.1) is 6.54 Å². The number of carbonyl (C=O) groups excluding carboxylic acids is 1. The van der Waals surface area contributed by atoms with Crippen LogP contribution >= 0.6 is 0 Å². The second-order valence-electron chi connectivity index (χ2n) is 3.83. The summed E-state index contributed by atoms with van der Waals surface area (Å²) in [6.07, 6.45) is -0.425. The summed E-state index contributed by atoms with van der Waals surface area (Å²) in [4.78, 5) is 11.5. The van der Waals surface area contributed by atoms with Gasteiger partial charge in [-0.3, -0.25) is 0 Å². The van der Waals surface area contributed by atoms with Gasteiger partial charge in [0.2, 0.25) is 0 Å². The Morgan fingerprint density at radius 2 is 1.75 bits per heavy atom. The highest BCUT2D eigenvalue weighted by atomic mass is 16.7. The first kappa shape index (κ1) is 16.3. The van der Waals surface area contributed by atoms with Gasteiger partial charge in [-0.25, -0.2) is 4.79 Å². The van der Waals surface area contributed by atoms with E-state index < -0.39 is 6.29 Å². The molecule has 112 valence electrons. The molecular weight excluding hydrogens is 260 g/mol. The van der Waals surface area contributed by atoms with Crippen molar-refractivity contribution in [2.24, 2.45) is 0 Å². The molecule has 1 rings (SSSR count). The normalized spacial score (nSPS) is 10.3. The number of amides is 2. The van der Waals surface area contributed by atoms with Crippen LogP contribution in [0.1, 0.15) is 13.8 Å². The quantitative estimate of drug-likeness (QED) is 0.677. The minimum absolute atomic E-state index is 0.101. The van der Waals surface area contributed by atoms with Crippen LogP contribution in [0.25, 0.3) is 0 Å². The standard InChI is InChI=1S/C14H22N2O4/c1-3-18-13(19-4-2)10-15-14(17)16-11-20-12-8-6-5-7-9-12/h5-9,13H,3-4,10-11H2,1-2H3,(H2,15,16,17). The number of urea groups is 1. The Morgan fingerprint density at radius 1 is 1.10 bits per heavy atom. The molecule has 0 aliphatic carbocycles. The zero-order valence-electron chi connectivity index (χ0n) is 11.9. The minimum atomic E-state index is -0.425. The average molecular weight is 282 g/mol. The van der Waals surface area contributed by atoms with Gasteiger partial charge in [0.15, 0.2) is 13.0 Å². The van der Waals surface area contributed by atoms with Crippen LogP contribution < -0.4 is 15.4 Å². The van der Waals surface area contributed by atoms with Gasteiger partial charge < -0.3 is 24.8 Å². The molecule has 0 saturated carbocycles. The number of hydrogen-bond donors (Lipinski definition) is 2. The first-order chi connectivity index (χ1) is 9.76. The highest BCUT2D eigenvalue weighted by Crippen LogP contribution is 2.06. The Bertz CT molecular complexity index is 367. The van der Waals surface area contributed by atoms with Gasteiger partial charge in [0.25, 0.3) is 0 Å². The molecule has 6 heteroatoms. The molecule has 0 spiro atoms. The predicted molar refractivity (Wildman–Crippen MR) is 75.5 cm³/mol. The van der Waals surface area contributed by atoms with Crippen molar-refractivity contribution < 1.29 is 19.0 Å². The van der Waals surface area contributed by atoms with Gasteiger partial charge in [-0.05, 0) is 26.0 Å². The molecule has 6 nitrogen and oxygen atoms in total. The van der Waals surface area contributed by atoms with Crippen molar-refractivity contribution in [1.29, 1.82) is 0 Å². The zero-order chi connectivity index (χ0) is 14.6. The minimum Gasteiger partial charge on any atom is -0.473 e. The van der Waals surface area contributed by atoms with E-state index in [2.05, 4.69) is 10.6 Å². The third-order valence-electron chi connectivity index (χ3n) is 2.35. The lowest BCUT2D eigenvalue weighted by molar-refractivity contribution is -0.131. The molecule has 0 aliphatic heterocycles. The molecule has 0 heterocycles. The maximum absolute atomic E-state index is 11.5. The summed E-state index contributed by atoms with van der Waals surface area (Å²) in [5.74, 6) is 0.703. The molecule has 0 aromatic heterocycles. The molecule has 0 aliphatic rings. The van der Waals surface area contributed by atoms with E-state index in [1.807, 2.05) is 44.2 Å². The molecule has 20 heavy (non-hydrogen) atoms. The van der Waals surface area contributed by atoms with Crippen LogP contribution in [0.4, 0.5) is 4.79 Å². The SMILES string of the molecule is CCOC(CNC(=O)NCOc1ccccc1)OCC. The number of benzene rings is 1. The van der Waals surface area contributed by atoms with E-state index in [-0.39, 0.29) is 12.8 Å². The van der Waals surface area contributed by atoms with Crippen molar-refractivity contribution in [1.82, 2.24) is 10.6 Å². The van der Waals surface area contributed by atoms with Crippen molar-refractivity contribution in [2.45, 2.75) is 20.1 Å². The largest absolute Gasteiger partial charge is 0.473 e. The smallest absolute Gasteiger partial charge is 0.317 e. The van der Waals surface area contributed by atoms with E-state index in [0.717, 1.165) is 0 Å². The van der Waals surface area contributed by atoms with Gasteiger partial charge in [-0.15, -0.1) is 0 Å². The van der Waals surface area contributed by atoms with Crippen molar-refractivity contribution in [3.8, 4) is 5.75 Å². The summed E-state index contributed by atoms with van der Waals surface area (Å²) < 4.78 is 16.0. The van der Waals surface area contributed by atoms with Crippen molar-refractivity contribution in [2.75, 3.05) is 26.5 Å². The van der Waals surface area contributed by atoms with Gasteiger partial charge in [0.1, 0.15) is 5.75 Å². The topological polar surface area (TPSA) is 68.8 Å². The zero-order valence-corrected chi connectivity index (χ0v) is 11.9. The van der Waals surface area contributed by atoms with Crippen LogP contribution in [0.2, 0.25) is 0 Å². The number of carbonyl (C=O) groups is 1. The Balaban J connectivity index is 2.16. The lowest BCUT2D eigenvalue weighted by Gasteiger charge is -2.17. The number of nitrogens with one attached hydrogen (secondary N) is 2. The third-order valence-corrected chi connectivity index (χ3v) is 2.35.